The summed E-state index contributed by atoms with van der Waals surface area (Å²) in [6.45, 7) is 0. The minimum atomic E-state index is -0.259. The molecule has 0 aliphatic carbocycles. The standard InChI is InChI=1S/C13H10BrFO/c14-9-10-6-7-12(8-13(10)15)16-11-4-2-1-3-5-11/h1-8H,9H2. The molecule has 16 heavy (non-hydrogen) atoms. The van der Waals surface area contributed by atoms with Gasteiger partial charge >= 0.3 is 0 Å². The van der Waals surface area contributed by atoms with Gasteiger partial charge in [-0.1, -0.05) is 40.2 Å². The van der Waals surface area contributed by atoms with Gasteiger partial charge in [-0.15, -0.1) is 0 Å². The van der Waals surface area contributed by atoms with Crippen LogP contribution in [0.15, 0.2) is 48.5 Å². The highest BCUT2D eigenvalue weighted by Gasteiger charge is 2.03. The lowest BCUT2D eigenvalue weighted by Crippen LogP contribution is -1.89. The van der Waals surface area contributed by atoms with Crippen LogP contribution in [0.3, 0.4) is 0 Å². The van der Waals surface area contributed by atoms with E-state index in [-0.39, 0.29) is 5.82 Å². The molecule has 2 aromatic carbocycles. The number of ether oxygens (including phenoxy) is 1. The van der Waals surface area contributed by atoms with Crippen LogP contribution in [-0.4, -0.2) is 0 Å². The minimum absolute atomic E-state index is 0.259. The van der Waals surface area contributed by atoms with Crippen LogP contribution in [0, 0.1) is 5.82 Å². The molecule has 0 heterocycles. The van der Waals surface area contributed by atoms with E-state index >= 15 is 0 Å². The Morgan fingerprint density at radius 2 is 1.75 bits per heavy atom. The fraction of sp³-hybridized carbons (Fsp3) is 0.0769. The molecular formula is C13H10BrFO. The maximum absolute atomic E-state index is 13.4. The topological polar surface area (TPSA) is 9.23 Å². The van der Waals surface area contributed by atoms with Gasteiger partial charge in [-0.25, -0.2) is 4.39 Å². The van der Waals surface area contributed by atoms with Gasteiger partial charge in [0.1, 0.15) is 17.3 Å². The highest BCUT2D eigenvalue weighted by atomic mass is 79.9. The summed E-state index contributed by atoms with van der Waals surface area (Å²) in [4.78, 5) is 0. The zero-order valence-corrected chi connectivity index (χ0v) is 10.1. The second kappa shape index (κ2) is 5.12. The van der Waals surface area contributed by atoms with E-state index in [1.807, 2.05) is 30.3 Å². The van der Waals surface area contributed by atoms with Crippen LogP contribution in [0.4, 0.5) is 4.39 Å². The Balaban J connectivity index is 2.20. The first kappa shape index (κ1) is 11.1. The summed E-state index contributed by atoms with van der Waals surface area (Å²) in [5.74, 6) is 0.951. The van der Waals surface area contributed by atoms with Crippen molar-refractivity contribution < 1.29 is 9.13 Å². The summed E-state index contributed by atoms with van der Waals surface area (Å²) in [6.07, 6.45) is 0. The average Bonchev–Trinajstić information content (AvgIpc) is 2.31. The van der Waals surface area contributed by atoms with E-state index in [4.69, 9.17) is 4.74 Å². The lowest BCUT2D eigenvalue weighted by molar-refractivity contribution is 0.476. The van der Waals surface area contributed by atoms with E-state index in [2.05, 4.69) is 15.9 Å². The molecule has 0 saturated carbocycles. The predicted molar refractivity (Wildman–Crippen MR) is 65.5 cm³/mol. The lowest BCUT2D eigenvalue weighted by Gasteiger charge is -2.06. The monoisotopic (exact) mass is 280 g/mol. The van der Waals surface area contributed by atoms with Crippen LogP contribution < -0.4 is 4.74 Å². The Kier molecular flexibility index (Phi) is 3.57. The van der Waals surface area contributed by atoms with Gasteiger partial charge in [0, 0.05) is 11.4 Å². The van der Waals surface area contributed by atoms with Gasteiger partial charge in [-0.2, -0.15) is 0 Å². The summed E-state index contributed by atoms with van der Waals surface area (Å²) in [5, 5.41) is 0.504. The van der Waals surface area contributed by atoms with E-state index < -0.39 is 0 Å². The zero-order chi connectivity index (χ0) is 11.4. The van der Waals surface area contributed by atoms with Gasteiger partial charge in [0.05, 0.1) is 0 Å². The zero-order valence-electron chi connectivity index (χ0n) is 8.49. The Morgan fingerprint density at radius 1 is 1.00 bits per heavy atom. The number of para-hydroxylation sites is 1. The Morgan fingerprint density at radius 3 is 2.38 bits per heavy atom. The predicted octanol–water partition coefficient (Wildman–Crippen LogP) is 4.51. The smallest absolute Gasteiger partial charge is 0.130 e. The fourth-order valence-corrected chi connectivity index (χ4v) is 1.78. The number of hydrogen-bond acceptors (Lipinski definition) is 1. The third-order valence-electron chi connectivity index (χ3n) is 2.15. The van der Waals surface area contributed by atoms with Crippen molar-refractivity contribution >= 4 is 15.9 Å². The molecule has 0 fully saturated rings. The van der Waals surface area contributed by atoms with Gasteiger partial charge in [0.15, 0.2) is 0 Å². The summed E-state index contributed by atoms with van der Waals surface area (Å²) < 4.78 is 18.9. The molecule has 0 N–H and O–H groups in total. The van der Waals surface area contributed by atoms with E-state index in [0.29, 0.717) is 22.4 Å². The highest BCUT2D eigenvalue weighted by Crippen LogP contribution is 2.23. The average molecular weight is 281 g/mol. The van der Waals surface area contributed by atoms with Crippen molar-refractivity contribution in [1.82, 2.24) is 0 Å². The maximum Gasteiger partial charge on any atom is 0.130 e. The Bertz CT molecular complexity index is 471. The first-order valence-corrected chi connectivity index (χ1v) is 5.99. The fourth-order valence-electron chi connectivity index (χ4n) is 1.32. The Hall–Kier alpha value is -1.35. The molecule has 2 rings (SSSR count). The number of rotatable bonds is 3. The molecule has 0 bridgehead atoms. The number of hydrogen-bond donors (Lipinski definition) is 0. The van der Waals surface area contributed by atoms with Crippen LogP contribution in [0.25, 0.3) is 0 Å². The van der Waals surface area contributed by atoms with E-state index in [1.165, 1.54) is 6.07 Å². The second-order valence-electron chi connectivity index (χ2n) is 3.30. The van der Waals surface area contributed by atoms with E-state index in [1.54, 1.807) is 12.1 Å². The van der Waals surface area contributed by atoms with Gasteiger partial charge in [0.25, 0.3) is 0 Å². The van der Waals surface area contributed by atoms with E-state index in [0.717, 1.165) is 0 Å². The Labute approximate surface area is 102 Å². The van der Waals surface area contributed by atoms with Crippen LogP contribution in [0.1, 0.15) is 5.56 Å². The van der Waals surface area contributed by atoms with Crippen molar-refractivity contribution in [2.75, 3.05) is 0 Å². The van der Waals surface area contributed by atoms with Crippen molar-refractivity contribution in [3.05, 3.63) is 59.9 Å². The van der Waals surface area contributed by atoms with Crippen LogP contribution in [0.2, 0.25) is 0 Å². The van der Waals surface area contributed by atoms with Crippen molar-refractivity contribution in [2.45, 2.75) is 5.33 Å². The molecule has 0 spiro atoms. The van der Waals surface area contributed by atoms with Gasteiger partial charge in [-0.05, 0) is 23.8 Å². The number of benzene rings is 2. The molecule has 0 unspecified atom stereocenters. The molecule has 0 aromatic heterocycles. The summed E-state index contributed by atoms with van der Waals surface area (Å²) in [5.41, 5.74) is 0.625. The molecule has 0 amide bonds. The number of halogens is 2. The highest BCUT2D eigenvalue weighted by molar-refractivity contribution is 9.08. The normalized spacial score (nSPS) is 10.1. The van der Waals surface area contributed by atoms with Crippen molar-refractivity contribution in [2.24, 2.45) is 0 Å². The van der Waals surface area contributed by atoms with Gasteiger partial charge < -0.3 is 4.74 Å². The third-order valence-corrected chi connectivity index (χ3v) is 2.75. The van der Waals surface area contributed by atoms with Crippen LogP contribution >= 0.6 is 15.9 Å². The molecular weight excluding hydrogens is 271 g/mol. The molecule has 0 aliphatic rings. The second-order valence-corrected chi connectivity index (χ2v) is 3.86. The first-order valence-electron chi connectivity index (χ1n) is 4.87. The summed E-state index contributed by atoms with van der Waals surface area (Å²) in [6, 6.07) is 14.2. The van der Waals surface area contributed by atoms with Crippen LogP contribution in [-0.2, 0) is 5.33 Å². The summed E-state index contributed by atoms with van der Waals surface area (Å²) in [7, 11) is 0. The molecule has 0 saturated heterocycles. The molecule has 0 radical (unpaired) electrons. The van der Waals surface area contributed by atoms with E-state index in [9.17, 15) is 4.39 Å². The molecule has 82 valence electrons. The van der Waals surface area contributed by atoms with Crippen molar-refractivity contribution in [1.29, 1.82) is 0 Å². The first-order chi connectivity index (χ1) is 7.79. The SMILES string of the molecule is Fc1cc(Oc2ccccc2)ccc1CBr. The van der Waals surface area contributed by atoms with Crippen LogP contribution in [0.5, 0.6) is 11.5 Å². The number of alkyl halides is 1. The molecule has 3 heteroatoms. The molecule has 0 aliphatic heterocycles. The maximum atomic E-state index is 13.4. The third kappa shape index (κ3) is 2.61. The largest absolute Gasteiger partial charge is 0.457 e. The van der Waals surface area contributed by atoms with Gasteiger partial charge in [-0.3, -0.25) is 0 Å². The molecule has 1 nitrogen and oxygen atoms in total. The molecule has 2 aromatic rings. The van der Waals surface area contributed by atoms with Gasteiger partial charge in [0.2, 0.25) is 0 Å². The summed E-state index contributed by atoms with van der Waals surface area (Å²) >= 11 is 3.22. The van der Waals surface area contributed by atoms with Crippen molar-refractivity contribution in [3.63, 3.8) is 0 Å². The lowest BCUT2D eigenvalue weighted by atomic mass is 10.2. The molecule has 0 atom stereocenters. The quantitative estimate of drug-likeness (QED) is 0.752. The van der Waals surface area contributed by atoms with Crippen molar-refractivity contribution in [3.8, 4) is 11.5 Å². The minimum Gasteiger partial charge on any atom is -0.457 e.